The van der Waals surface area contributed by atoms with Crippen molar-refractivity contribution in [3.63, 3.8) is 0 Å². The number of aryl methyl sites for hydroxylation is 1. The Morgan fingerprint density at radius 1 is 1.24 bits per heavy atom. The van der Waals surface area contributed by atoms with Gasteiger partial charge in [0.1, 0.15) is 5.76 Å². The Kier molecular flexibility index (Phi) is 7.14. The van der Waals surface area contributed by atoms with Crippen molar-refractivity contribution in [1.82, 2.24) is 14.6 Å². The third kappa shape index (κ3) is 5.12. The largest absolute Gasteiger partial charge is 0.437 e. The lowest BCUT2D eigenvalue weighted by Gasteiger charge is -2.17. The molecule has 1 aliphatic carbocycles. The molecule has 4 rings (SSSR count). The maximum atomic E-state index is 12.9. The highest BCUT2D eigenvalue weighted by Crippen LogP contribution is 2.44. The molecule has 8 heteroatoms. The molecule has 1 amide bonds. The van der Waals surface area contributed by atoms with Gasteiger partial charge >= 0.3 is 0 Å². The molecule has 2 heterocycles. The number of carbonyl (C=O) groups is 1. The molecule has 0 aliphatic heterocycles. The number of thiol groups is 1. The van der Waals surface area contributed by atoms with Crippen molar-refractivity contribution in [2.45, 2.75) is 51.5 Å². The molecule has 2 aromatic heterocycles. The summed E-state index contributed by atoms with van der Waals surface area (Å²) in [5.41, 5.74) is 4.42. The third-order valence-corrected chi connectivity index (χ3v) is 6.86. The SMILES string of the molecule is [CH2]CCCCN(Cc1nc2oc(-c3ccc(C)cc3)c(C(=O)NC)c2cc1C1CC1)[SH](=O)=O. The number of amides is 1. The van der Waals surface area contributed by atoms with Crippen LogP contribution < -0.4 is 5.32 Å². The normalized spacial score (nSPS) is 13.8. The van der Waals surface area contributed by atoms with Gasteiger partial charge < -0.3 is 9.73 Å². The van der Waals surface area contributed by atoms with Crippen LogP contribution in [-0.2, 0) is 17.4 Å². The average molecular weight is 469 g/mol. The van der Waals surface area contributed by atoms with Crippen molar-refractivity contribution in [3.8, 4) is 11.3 Å². The highest BCUT2D eigenvalue weighted by molar-refractivity contribution is 7.69. The number of hydrogen-bond acceptors (Lipinski definition) is 5. The minimum Gasteiger partial charge on any atom is -0.437 e. The molecule has 175 valence electrons. The Morgan fingerprint density at radius 3 is 2.58 bits per heavy atom. The molecular weight excluding hydrogens is 438 g/mol. The van der Waals surface area contributed by atoms with E-state index in [-0.39, 0.29) is 12.5 Å². The fourth-order valence-corrected chi connectivity index (χ4v) is 4.62. The van der Waals surface area contributed by atoms with Gasteiger partial charge in [0.25, 0.3) is 5.91 Å². The van der Waals surface area contributed by atoms with E-state index >= 15 is 0 Å². The number of nitrogens with one attached hydrogen (secondary N) is 1. The lowest BCUT2D eigenvalue weighted by Crippen LogP contribution is -2.24. The summed E-state index contributed by atoms with van der Waals surface area (Å²) < 4.78 is 31.4. The molecule has 0 bridgehead atoms. The van der Waals surface area contributed by atoms with E-state index in [0.717, 1.165) is 48.8 Å². The first-order valence-electron chi connectivity index (χ1n) is 11.4. The zero-order chi connectivity index (χ0) is 23.5. The van der Waals surface area contributed by atoms with Crippen LogP contribution in [-0.4, -0.2) is 37.2 Å². The van der Waals surface area contributed by atoms with Crippen molar-refractivity contribution >= 4 is 27.9 Å². The van der Waals surface area contributed by atoms with Gasteiger partial charge in [-0.05, 0) is 43.7 Å². The molecule has 0 unspecified atom stereocenters. The predicted octanol–water partition coefficient (Wildman–Crippen LogP) is 4.37. The monoisotopic (exact) mass is 468 g/mol. The summed E-state index contributed by atoms with van der Waals surface area (Å²) >= 11 is 0. The zero-order valence-corrected chi connectivity index (χ0v) is 20.0. The number of nitrogens with zero attached hydrogens (tertiary/aromatic N) is 2. The summed E-state index contributed by atoms with van der Waals surface area (Å²) in [4.78, 5) is 17.6. The first-order valence-corrected chi connectivity index (χ1v) is 12.5. The van der Waals surface area contributed by atoms with Crippen molar-refractivity contribution in [1.29, 1.82) is 0 Å². The number of unbranched alkanes of at least 4 members (excludes halogenated alkanes) is 2. The van der Waals surface area contributed by atoms with Gasteiger partial charge in [-0.25, -0.2) is 13.4 Å². The molecule has 1 radical (unpaired) electrons. The van der Waals surface area contributed by atoms with Crippen LogP contribution >= 0.6 is 0 Å². The summed E-state index contributed by atoms with van der Waals surface area (Å²) in [6, 6.07) is 9.77. The molecule has 0 atom stereocenters. The standard InChI is InChI=1S/C25H30N3O4S/c1-4-5-6-13-28(33(30)31)15-21-19(17-11-12-17)14-20-22(24(29)26-3)23(32-25(20)27-21)18-9-7-16(2)8-10-18/h7-10,14,17,33H,1,4-6,11-13,15H2,2-3H3,(H,26,29). The Labute approximate surface area is 196 Å². The highest BCUT2D eigenvalue weighted by atomic mass is 32.2. The van der Waals surface area contributed by atoms with E-state index in [1.54, 1.807) is 7.05 Å². The molecule has 0 saturated heterocycles. The lowest BCUT2D eigenvalue weighted by molar-refractivity contribution is 0.0964. The van der Waals surface area contributed by atoms with Gasteiger partial charge in [-0.1, -0.05) is 49.6 Å². The van der Waals surface area contributed by atoms with Crippen LogP contribution in [0.4, 0.5) is 0 Å². The van der Waals surface area contributed by atoms with E-state index < -0.39 is 10.9 Å². The fraction of sp³-hybridized carbons (Fsp3) is 0.400. The van der Waals surface area contributed by atoms with E-state index in [4.69, 9.17) is 9.40 Å². The quantitative estimate of drug-likeness (QED) is 0.340. The first kappa shape index (κ1) is 23.4. The van der Waals surface area contributed by atoms with Crippen LogP contribution in [0.1, 0.15) is 65.2 Å². The number of furan rings is 1. The van der Waals surface area contributed by atoms with E-state index in [9.17, 15) is 13.2 Å². The molecule has 1 fully saturated rings. The summed E-state index contributed by atoms with van der Waals surface area (Å²) in [7, 11) is -1.14. The summed E-state index contributed by atoms with van der Waals surface area (Å²) in [5.74, 6) is 0.564. The van der Waals surface area contributed by atoms with Crippen molar-refractivity contribution in [3.05, 3.63) is 59.6 Å². The molecule has 1 aromatic carbocycles. The van der Waals surface area contributed by atoms with E-state index in [1.165, 1.54) is 4.31 Å². The number of carbonyl (C=O) groups excluding carboxylic acids is 1. The van der Waals surface area contributed by atoms with Crippen LogP contribution in [0.5, 0.6) is 0 Å². The molecule has 7 nitrogen and oxygen atoms in total. The van der Waals surface area contributed by atoms with Gasteiger partial charge in [-0.2, -0.15) is 4.31 Å². The minimum atomic E-state index is -2.73. The summed E-state index contributed by atoms with van der Waals surface area (Å²) in [6.45, 7) is 6.47. The first-order chi connectivity index (χ1) is 15.9. The van der Waals surface area contributed by atoms with Crippen LogP contribution in [0.25, 0.3) is 22.4 Å². The number of aromatic nitrogens is 1. The van der Waals surface area contributed by atoms with Crippen LogP contribution in [0, 0.1) is 13.8 Å². The zero-order valence-electron chi connectivity index (χ0n) is 19.1. The average Bonchev–Trinajstić information content (AvgIpc) is 3.58. The number of fused-ring (bicyclic) bond motifs is 1. The van der Waals surface area contributed by atoms with Crippen molar-refractivity contribution < 1.29 is 17.6 Å². The maximum Gasteiger partial charge on any atom is 0.255 e. The molecule has 3 aromatic rings. The van der Waals surface area contributed by atoms with E-state index in [2.05, 4.69) is 12.2 Å². The number of benzene rings is 1. The van der Waals surface area contributed by atoms with Gasteiger partial charge in [0.2, 0.25) is 16.6 Å². The number of pyridine rings is 1. The smallest absolute Gasteiger partial charge is 0.255 e. The molecule has 0 spiro atoms. The second kappa shape index (κ2) is 10.1. The Morgan fingerprint density at radius 2 is 1.97 bits per heavy atom. The summed E-state index contributed by atoms with van der Waals surface area (Å²) in [5, 5.41) is 3.37. The predicted molar refractivity (Wildman–Crippen MR) is 129 cm³/mol. The Balaban J connectivity index is 1.82. The lowest BCUT2D eigenvalue weighted by atomic mass is 10.0. The van der Waals surface area contributed by atoms with Crippen LogP contribution in [0.3, 0.4) is 0 Å². The van der Waals surface area contributed by atoms with E-state index in [0.29, 0.717) is 40.6 Å². The second-order valence-corrected chi connectivity index (χ2v) is 9.63. The highest BCUT2D eigenvalue weighted by Gasteiger charge is 2.31. The molecule has 1 N–H and O–H groups in total. The Hall–Kier alpha value is -2.71. The fourth-order valence-electron chi connectivity index (χ4n) is 4.07. The molecular formula is C25H30N3O4S. The van der Waals surface area contributed by atoms with Crippen molar-refractivity contribution in [2.24, 2.45) is 0 Å². The minimum absolute atomic E-state index is 0.202. The molecule has 33 heavy (non-hydrogen) atoms. The Bertz CT molecular complexity index is 1220. The van der Waals surface area contributed by atoms with E-state index in [1.807, 2.05) is 37.3 Å². The van der Waals surface area contributed by atoms with Gasteiger partial charge in [0.15, 0.2) is 0 Å². The van der Waals surface area contributed by atoms with Gasteiger partial charge in [0.05, 0.1) is 23.2 Å². The van der Waals surface area contributed by atoms with Crippen molar-refractivity contribution in [2.75, 3.05) is 13.6 Å². The summed E-state index contributed by atoms with van der Waals surface area (Å²) in [6.07, 6.45) is 4.46. The molecule has 1 saturated carbocycles. The van der Waals surface area contributed by atoms with Gasteiger partial charge in [-0.3, -0.25) is 4.79 Å². The topological polar surface area (TPSA) is 92.5 Å². The van der Waals surface area contributed by atoms with Crippen LogP contribution in [0.15, 0.2) is 34.7 Å². The van der Waals surface area contributed by atoms with Crippen LogP contribution in [0.2, 0.25) is 0 Å². The van der Waals surface area contributed by atoms with Gasteiger partial charge in [0, 0.05) is 19.2 Å². The van der Waals surface area contributed by atoms with Gasteiger partial charge in [-0.15, -0.1) is 0 Å². The molecule has 1 aliphatic rings. The second-order valence-electron chi connectivity index (χ2n) is 8.59. The maximum absolute atomic E-state index is 12.9. The number of rotatable bonds is 10. The third-order valence-electron chi connectivity index (χ3n) is 6.06. The number of hydrogen-bond donors (Lipinski definition) is 2.